The maximum absolute atomic E-state index is 11.6. The molecule has 90 valence electrons. The third-order valence-electron chi connectivity index (χ3n) is 2.15. The highest BCUT2D eigenvalue weighted by molar-refractivity contribution is 6.38. The molecular weight excluding hydrogens is 222 g/mol. The van der Waals surface area contributed by atoms with Gasteiger partial charge >= 0.3 is 5.97 Å². The van der Waals surface area contributed by atoms with Crippen molar-refractivity contribution in [2.75, 3.05) is 6.61 Å². The van der Waals surface area contributed by atoms with Crippen molar-refractivity contribution in [3.63, 3.8) is 0 Å². The molecule has 0 aromatic carbocycles. The molecule has 5 nitrogen and oxygen atoms in total. The summed E-state index contributed by atoms with van der Waals surface area (Å²) in [5.74, 6) is -3.08. The minimum absolute atomic E-state index is 0.0947. The monoisotopic (exact) mass is 235 g/mol. The van der Waals surface area contributed by atoms with Gasteiger partial charge < -0.3 is 9.53 Å². The Balaban J connectivity index is 2.91. The minimum Gasteiger partial charge on any atom is -0.460 e. The Kier molecular flexibility index (Phi) is 4.51. The van der Waals surface area contributed by atoms with Crippen molar-refractivity contribution >= 4 is 18.0 Å². The molecule has 0 fully saturated rings. The largest absolute Gasteiger partial charge is 0.460 e. The molecule has 0 spiro atoms. The number of pyridine rings is 1. The van der Waals surface area contributed by atoms with Crippen LogP contribution >= 0.6 is 0 Å². The number of esters is 1. The summed E-state index contributed by atoms with van der Waals surface area (Å²) in [6.45, 7) is 3.52. The summed E-state index contributed by atoms with van der Waals surface area (Å²) in [5, 5.41) is 0. The first kappa shape index (κ1) is 13.0. The average molecular weight is 235 g/mol. The highest BCUT2D eigenvalue weighted by Crippen LogP contribution is 2.13. The minimum atomic E-state index is -1.19. The van der Waals surface area contributed by atoms with Gasteiger partial charge in [-0.15, -0.1) is 0 Å². The lowest BCUT2D eigenvalue weighted by Gasteiger charge is -2.07. The van der Waals surface area contributed by atoms with Crippen molar-refractivity contribution in [2.24, 2.45) is 0 Å². The molecule has 0 aliphatic rings. The zero-order valence-corrected chi connectivity index (χ0v) is 9.67. The molecule has 17 heavy (non-hydrogen) atoms. The van der Waals surface area contributed by atoms with Gasteiger partial charge in [-0.25, -0.2) is 4.79 Å². The molecule has 1 rings (SSSR count). The number of nitrogens with zero attached hydrogens (tertiary/aromatic N) is 1. The van der Waals surface area contributed by atoms with E-state index in [2.05, 4.69) is 9.72 Å². The maximum atomic E-state index is 11.6. The van der Waals surface area contributed by atoms with Crippen molar-refractivity contribution in [1.82, 2.24) is 4.98 Å². The quantitative estimate of drug-likeness (QED) is 0.327. The van der Waals surface area contributed by atoms with Gasteiger partial charge in [-0.1, -0.05) is 6.07 Å². The molecule has 0 saturated heterocycles. The van der Waals surface area contributed by atoms with E-state index in [9.17, 15) is 14.4 Å². The van der Waals surface area contributed by atoms with Crippen LogP contribution in [0.25, 0.3) is 0 Å². The number of ketones is 1. The van der Waals surface area contributed by atoms with Gasteiger partial charge in [-0.05, 0) is 25.5 Å². The maximum Gasteiger partial charge on any atom is 0.375 e. The zero-order valence-electron chi connectivity index (χ0n) is 9.67. The molecule has 0 aliphatic heterocycles. The third-order valence-corrected chi connectivity index (χ3v) is 2.15. The molecule has 0 amide bonds. The van der Waals surface area contributed by atoms with E-state index in [0.29, 0.717) is 6.29 Å². The Morgan fingerprint density at radius 2 is 2.18 bits per heavy atom. The third kappa shape index (κ3) is 3.21. The highest BCUT2D eigenvalue weighted by atomic mass is 16.5. The van der Waals surface area contributed by atoms with Crippen LogP contribution < -0.4 is 0 Å². The number of aromatic nitrogens is 1. The van der Waals surface area contributed by atoms with Gasteiger partial charge in [0.15, 0.2) is 0 Å². The second-order valence-corrected chi connectivity index (χ2v) is 3.46. The second-order valence-electron chi connectivity index (χ2n) is 3.46. The summed E-state index contributed by atoms with van der Waals surface area (Å²) in [6.07, 6.45) is 1.93. The van der Waals surface area contributed by atoms with Crippen LogP contribution in [0.1, 0.15) is 24.1 Å². The summed E-state index contributed by atoms with van der Waals surface area (Å²) < 4.78 is 4.56. The smallest absolute Gasteiger partial charge is 0.375 e. The van der Waals surface area contributed by atoms with Gasteiger partial charge in [0.25, 0.3) is 5.78 Å². The SMILES string of the molecule is CCOC(=O)C(=O)C(C=O)c1ccc(C)cn1. The fourth-order valence-corrected chi connectivity index (χ4v) is 1.26. The average Bonchev–Trinajstić information content (AvgIpc) is 2.32. The lowest BCUT2D eigenvalue weighted by atomic mass is 10.0. The van der Waals surface area contributed by atoms with E-state index in [-0.39, 0.29) is 12.3 Å². The fourth-order valence-electron chi connectivity index (χ4n) is 1.26. The molecule has 0 aliphatic carbocycles. The Hall–Kier alpha value is -2.04. The molecular formula is C12H13NO4. The van der Waals surface area contributed by atoms with Gasteiger partial charge in [-0.2, -0.15) is 0 Å². The normalized spacial score (nSPS) is 11.6. The van der Waals surface area contributed by atoms with Crippen LogP contribution in [0.5, 0.6) is 0 Å². The molecule has 1 unspecified atom stereocenters. The number of rotatable bonds is 5. The van der Waals surface area contributed by atoms with Crippen molar-refractivity contribution in [2.45, 2.75) is 19.8 Å². The van der Waals surface area contributed by atoms with Crippen LogP contribution in [0.2, 0.25) is 0 Å². The van der Waals surface area contributed by atoms with Crippen molar-refractivity contribution in [3.8, 4) is 0 Å². The molecule has 1 aromatic rings. The molecule has 0 radical (unpaired) electrons. The van der Waals surface area contributed by atoms with Crippen LogP contribution in [0, 0.1) is 6.92 Å². The Morgan fingerprint density at radius 1 is 1.47 bits per heavy atom. The van der Waals surface area contributed by atoms with Crippen molar-refractivity contribution in [3.05, 3.63) is 29.6 Å². The lowest BCUT2D eigenvalue weighted by Crippen LogP contribution is -2.26. The lowest BCUT2D eigenvalue weighted by molar-refractivity contribution is -0.154. The van der Waals surface area contributed by atoms with Crippen molar-refractivity contribution in [1.29, 1.82) is 0 Å². The van der Waals surface area contributed by atoms with Crippen LogP contribution in [-0.4, -0.2) is 29.6 Å². The van der Waals surface area contributed by atoms with Crippen LogP contribution in [0.3, 0.4) is 0 Å². The summed E-state index contributed by atoms with van der Waals surface area (Å²) in [6, 6.07) is 3.27. The molecule has 1 aromatic heterocycles. The predicted octanol–water partition coefficient (Wildman–Crippen LogP) is 0.805. The van der Waals surface area contributed by atoms with E-state index in [1.807, 2.05) is 6.92 Å². The summed E-state index contributed by atoms with van der Waals surface area (Å²) in [4.78, 5) is 37.7. The number of carbonyl (C=O) groups is 3. The number of hydrogen-bond acceptors (Lipinski definition) is 5. The Labute approximate surface area is 98.8 Å². The van der Waals surface area contributed by atoms with E-state index in [1.165, 1.54) is 6.20 Å². The van der Waals surface area contributed by atoms with Crippen LogP contribution in [-0.2, 0) is 19.1 Å². The van der Waals surface area contributed by atoms with Gasteiger partial charge in [-0.3, -0.25) is 9.78 Å². The fraction of sp³-hybridized carbons (Fsp3) is 0.333. The Bertz CT molecular complexity index is 425. The molecule has 1 heterocycles. The van der Waals surface area contributed by atoms with E-state index >= 15 is 0 Å². The van der Waals surface area contributed by atoms with Crippen molar-refractivity contribution < 1.29 is 19.1 Å². The van der Waals surface area contributed by atoms with E-state index < -0.39 is 17.7 Å². The first-order valence-corrected chi connectivity index (χ1v) is 5.19. The first-order chi connectivity index (χ1) is 8.10. The highest BCUT2D eigenvalue weighted by Gasteiger charge is 2.28. The van der Waals surface area contributed by atoms with Gasteiger partial charge in [0.2, 0.25) is 0 Å². The number of ether oxygens (including phenoxy) is 1. The van der Waals surface area contributed by atoms with E-state index in [1.54, 1.807) is 19.1 Å². The van der Waals surface area contributed by atoms with Crippen LogP contribution in [0.4, 0.5) is 0 Å². The van der Waals surface area contributed by atoms with E-state index in [4.69, 9.17) is 0 Å². The molecule has 0 bridgehead atoms. The number of Topliss-reactive ketones (excluding diaryl/α,β-unsaturated/α-hetero) is 1. The molecule has 0 saturated carbocycles. The van der Waals surface area contributed by atoms with Crippen LogP contribution in [0.15, 0.2) is 18.3 Å². The van der Waals surface area contributed by atoms with Gasteiger partial charge in [0.05, 0.1) is 12.3 Å². The van der Waals surface area contributed by atoms with Gasteiger partial charge in [0.1, 0.15) is 12.2 Å². The molecule has 1 atom stereocenters. The summed E-state index contributed by atoms with van der Waals surface area (Å²) in [7, 11) is 0. The summed E-state index contributed by atoms with van der Waals surface area (Å²) in [5.41, 5.74) is 1.16. The number of aldehydes is 1. The van der Waals surface area contributed by atoms with E-state index in [0.717, 1.165) is 5.56 Å². The number of aryl methyl sites for hydroxylation is 1. The molecule has 0 N–H and O–H groups in total. The number of carbonyl (C=O) groups excluding carboxylic acids is 3. The van der Waals surface area contributed by atoms with Gasteiger partial charge in [0, 0.05) is 6.20 Å². The predicted molar refractivity (Wildman–Crippen MR) is 59.4 cm³/mol. The number of hydrogen-bond donors (Lipinski definition) is 0. The second kappa shape index (κ2) is 5.89. The zero-order chi connectivity index (χ0) is 12.8. The first-order valence-electron chi connectivity index (χ1n) is 5.19. The standard InChI is InChI=1S/C12H13NO4/c1-3-17-12(16)11(15)9(7-14)10-5-4-8(2)6-13-10/h4-7,9H,3H2,1-2H3. The Morgan fingerprint density at radius 3 is 2.65 bits per heavy atom. The molecule has 5 heteroatoms. The topological polar surface area (TPSA) is 73.3 Å². The summed E-state index contributed by atoms with van der Waals surface area (Å²) >= 11 is 0.